The molecule has 1 aliphatic heterocycles. The first-order valence-electron chi connectivity index (χ1n) is 4.10. The lowest BCUT2D eigenvalue weighted by Crippen LogP contribution is -2.48. The van der Waals surface area contributed by atoms with Crippen molar-refractivity contribution in [3.05, 3.63) is 0 Å². The molecule has 1 fully saturated rings. The molecule has 0 aliphatic carbocycles. The Hall–Kier alpha value is 0.210. The van der Waals surface area contributed by atoms with Crippen molar-refractivity contribution in [3.8, 4) is 0 Å². The van der Waals surface area contributed by atoms with Crippen molar-refractivity contribution in [3.63, 3.8) is 0 Å². The molecule has 1 unspecified atom stereocenters. The van der Waals surface area contributed by atoms with Crippen molar-refractivity contribution >= 4 is 12.4 Å². The summed E-state index contributed by atoms with van der Waals surface area (Å²) in [6, 6.07) is 0. The Kier molecular flexibility index (Phi) is 4.37. The van der Waals surface area contributed by atoms with Gasteiger partial charge in [0.05, 0.1) is 0 Å². The molecule has 0 spiro atoms. The van der Waals surface area contributed by atoms with E-state index in [-0.39, 0.29) is 17.9 Å². The van der Waals surface area contributed by atoms with Crippen LogP contribution in [0.15, 0.2) is 0 Å². The highest BCUT2D eigenvalue weighted by Gasteiger charge is 2.25. The second kappa shape index (κ2) is 4.29. The average molecular weight is 179 g/mol. The third-order valence-electron chi connectivity index (χ3n) is 2.35. The molecule has 0 aromatic rings. The molecular weight excluding hydrogens is 160 g/mol. The first-order chi connectivity index (χ1) is 4.61. The van der Waals surface area contributed by atoms with Crippen LogP contribution < -0.4 is 11.1 Å². The van der Waals surface area contributed by atoms with E-state index in [9.17, 15) is 0 Å². The highest BCUT2D eigenvalue weighted by Crippen LogP contribution is 2.20. The van der Waals surface area contributed by atoms with E-state index in [0.29, 0.717) is 5.92 Å². The lowest BCUT2D eigenvalue weighted by Gasteiger charge is -2.33. The molecule has 0 aromatic heterocycles. The number of halogens is 1. The van der Waals surface area contributed by atoms with Crippen LogP contribution in [0, 0.1) is 5.92 Å². The first-order valence-corrected chi connectivity index (χ1v) is 4.10. The van der Waals surface area contributed by atoms with Crippen molar-refractivity contribution < 1.29 is 0 Å². The fraction of sp³-hybridized carbons (Fsp3) is 1.00. The van der Waals surface area contributed by atoms with Gasteiger partial charge in [-0.25, -0.2) is 0 Å². The van der Waals surface area contributed by atoms with Crippen LogP contribution in [0.2, 0.25) is 0 Å². The van der Waals surface area contributed by atoms with Crippen LogP contribution in [-0.2, 0) is 0 Å². The van der Waals surface area contributed by atoms with E-state index in [1.54, 1.807) is 0 Å². The Morgan fingerprint density at radius 3 is 2.36 bits per heavy atom. The minimum atomic E-state index is 0. The fourth-order valence-corrected chi connectivity index (χ4v) is 1.49. The summed E-state index contributed by atoms with van der Waals surface area (Å²) >= 11 is 0. The topological polar surface area (TPSA) is 38.0 Å². The minimum Gasteiger partial charge on any atom is -0.325 e. The summed E-state index contributed by atoms with van der Waals surface area (Å²) in [5, 5.41) is 3.36. The smallest absolute Gasteiger partial charge is 0.0137 e. The number of rotatable bonds is 1. The largest absolute Gasteiger partial charge is 0.325 e. The maximum absolute atomic E-state index is 5.97. The third kappa shape index (κ3) is 3.41. The summed E-state index contributed by atoms with van der Waals surface area (Å²) in [6.07, 6.45) is 2.57. The molecule has 11 heavy (non-hydrogen) atoms. The van der Waals surface area contributed by atoms with Crippen molar-refractivity contribution in [1.29, 1.82) is 0 Å². The number of nitrogens with one attached hydrogen (secondary N) is 1. The number of hydrogen-bond acceptors (Lipinski definition) is 2. The van der Waals surface area contributed by atoms with Crippen LogP contribution in [0.1, 0.15) is 26.7 Å². The van der Waals surface area contributed by atoms with Crippen molar-refractivity contribution in [2.75, 3.05) is 13.1 Å². The van der Waals surface area contributed by atoms with Gasteiger partial charge in [0.15, 0.2) is 0 Å². The minimum absolute atomic E-state index is 0. The van der Waals surface area contributed by atoms with E-state index in [1.807, 2.05) is 0 Å². The zero-order valence-electron chi connectivity index (χ0n) is 7.39. The lowest BCUT2D eigenvalue weighted by molar-refractivity contribution is 0.255. The van der Waals surface area contributed by atoms with Gasteiger partial charge in [-0.05, 0) is 45.7 Å². The maximum atomic E-state index is 5.97. The molecular formula is C8H19ClN2. The standard InChI is InChI=1S/C8H18N2.ClH/c1-8(2,9)7-4-3-5-10-6-7;/h7,10H,3-6,9H2,1-2H3;1H. The van der Waals surface area contributed by atoms with Gasteiger partial charge < -0.3 is 11.1 Å². The van der Waals surface area contributed by atoms with Gasteiger partial charge in [-0.3, -0.25) is 0 Å². The highest BCUT2D eigenvalue weighted by atomic mass is 35.5. The van der Waals surface area contributed by atoms with E-state index in [1.165, 1.54) is 19.4 Å². The molecule has 1 atom stereocenters. The molecule has 3 N–H and O–H groups in total. The highest BCUT2D eigenvalue weighted by molar-refractivity contribution is 5.85. The molecule has 0 aromatic carbocycles. The van der Waals surface area contributed by atoms with Gasteiger partial charge in [-0.15, -0.1) is 12.4 Å². The predicted octanol–water partition coefficient (Wildman–Crippen LogP) is 1.15. The van der Waals surface area contributed by atoms with Gasteiger partial charge in [0.25, 0.3) is 0 Å². The summed E-state index contributed by atoms with van der Waals surface area (Å²) in [5.41, 5.74) is 5.98. The molecule has 1 heterocycles. The summed E-state index contributed by atoms with van der Waals surface area (Å²) < 4.78 is 0. The number of piperidine rings is 1. The molecule has 68 valence electrons. The van der Waals surface area contributed by atoms with Crippen molar-refractivity contribution in [2.24, 2.45) is 11.7 Å². The predicted molar refractivity (Wildman–Crippen MR) is 51.1 cm³/mol. The van der Waals surface area contributed by atoms with E-state index in [2.05, 4.69) is 19.2 Å². The van der Waals surface area contributed by atoms with Crippen LogP contribution in [0.25, 0.3) is 0 Å². The molecule has 0 bridgehead atoms. The van der Waals surface area contributed by atoms with Gasteiger partial charge in [0.2, 0.25) is 0 Å². The average Bonchev–Trinajstić information content (AvgIpc) is 1.88. The monoisotopic (exact) mass is 178 g/mol. The molecule has 0 saturated carbocycles. The van der Waals surface area contributed by atoms with Gasteiger partial charge in [0.1, 0.15) is 0 Å². The number of hydrogen-bond donors (Lipinski definition) is 2. The number of nitrogens with two attached hydrogens (primary N) is 1. The Balaban J connectivity index is 0.000001000. The van der Waals surface area contributed by atoms with Gasteiger partial charge in [-0.1, -0.05) is 0 Å². The quantitative estimate of drug-likeness (QED) is 0.632. The molecule has 0 amide bonds. The third-order valence-corrected chi connectivity index (χ3v) is 2.35. The van der Waals surface area contributed by atoms with Gasteiger partial charge >= 0.3 is 0 Å². The van der Waals surface area contributed by atoms with Gasteiger partial charge in [-0.2, -0.15) is 0 Å². The SMILES string of the molecule is CC(C)(N)C1CCCNC1.Cl. The molecule has 3 heteroatoms. The fourth-order valence-electron chi connectivity index (χ4n) is 1.49. The first kappa shape index (κ1) is 11.2. The second-order valence-corrected chi connectivity index (χ2v) is 3.86. The molecule has 2 nitrogen and oxygen atoms in total. The summed E-state index contributed by atoms with van der Waals surface area (Å²) in [5.74, 6) is 0.668. The summed E-state index contributed by atoms with van der Waals surface area (Å²) in [6.45, 7) is 6.51. The molecule has 1 rings (SSSR count). The zero-order chi connectivity index (χ0) is 7.61. The van der Waals surface area contributed by atoms with Crippen LogP contribution in [-0.4, -0.2) is 18.6 Å². The van der Waals surface area contributed by atoms with Crippen LogP contribution >= 0.6 is 12.4 Å². The Morgan fingerprint density at radius 2 is 2.09 bits per heavy atom. The normalized spacial score (nSPS) is 25.9. The van der Waals surface area contributed by atoms with E-state index in [4.69, 9.17) is 5.73 Å². The summed E-state index contributed by atoms with van der Waals surface area (Å²) in [7, 11) is 0. The lowest BCUT2D eigenvalue weighted by atomic mass is 9.83. The summed E-state index contributed by atoms with van der Waals surface area (Å²) in [4.78, 5) is 0. The maximum Gasteiger partial charge on any atom is 0.0137 e. The van der Waals surface area contributed by atoms with Gasteiger partial charge in [0, 0.05) is 5.54 Å². The Labute approximate surface area is 75.3 Å². The van der Waals surface area contributed by atoms with Crippen molar-refractivity contribution in [2.45, 2.75) is 32.2 Å². The van der Waals surface area contributed by atoms with Crippen LogP contribution in [0.4, 0.5) is 0 Å². The zero-order valence-corrected chi connectivity index (χ0v) is 8.21. The molecule has 1 aliphatic rings. The van der Waals surface area contributed by atoms with Crippen LogP contribution in [0.5, 0.6) is 0 Å². The van der Waals surface area contributed by atoms with Crippen LogP contribution in [0.3, 0.4) is 0 Å². The van der Waals surface area contributed by atoms with E-state index >= 15 is 0 Å². The Bertz CT molecular complexity index is 103. The van der Waals surface area contributed by atoms with Crippen molar-refractivity contribution in [1.82, 2.24) is 5.32 Å². The van der Waals surface area contributed by atoms with E-state index < -0.39 is 0 Å². The molecule has 0 radical (unpaired) electrons. The second-order valence-electron chi connectivity index (χ2n) is 3.86. The van der Waals surface area contributed by atoms with E-state index in [0.717, 1.165) is 6.54 Å². The molecule has 1 saturated heterocycles. The Morgan fingerprint density at radius 1 is 1.45 bits per heavy atom.